The zero-order valence-corrected chi connectivity index (χ0v) is 10.1. The van der Waals surface area contributed by atoms with Crippen molar-refractivity contribution in [3.05, 3.63) is 31.7 Å². The molecule has 0 bridgehead atoms. The second-order valence-corrected chi connectivity index (χ2v) is 5.08. The molecule has 0 aliphatic heterocycles. The van der Waals surface area contributed by atoms with Crippen molar-refractivity contribution in [2.45, 2.75) is 0 Å². The minimum atomic E-state index is 0.618. The molecule has 1 aromatic carbocycles. The fraction of sp³-hybridized carbons (Fsp3) is 0. The highest BCUT2D eigenvalue weighted by Crippen LogP contribution is 2.32. The first-order valence-corrected chi connectivity index (χ1v) is 5.87. The Hall–Kier alpha value is -0.130. The van der Waals surface area contributed by atoms with Crippen LogP contribution in [0.2, 0.25) is 5.02 Å². The van der Waals surface area contributed by atoms with Crippen LogP contribution in [0.25, 0.3) is 10.1 Å². The molecule has 1 aromatic heterocycles. The molecule has 2 aromatic rings. The highest BCUT2D eigenvalue weighted by molar-refractivity contribution is 14.1. The van der Waals surface area contributed by atoms with E-state index < -0.39 is 0 Å². The minimum Gasteiger partial charge on any atom is -0.298 e. The van der Waals surface area contributed by atoms with Crippen molar-refractivity contribution >= 4 is 61.9 Å². The third-order valence-electron chi connectivity index (χ3n) is 1.75. The van der Waals surface area contributed by atoms with Gasteiger partial charge in [0.2, 0.25) is 0 Å². The number of thiophene rings is 1. The second-order valence-electron chi connectivity index (χ2n) is 2.57. The first-order chi connectivity index (χ1) is 6.22. The number of carbonyl (C=O) groups is 1. The lowest BCUT2D eigenvalue weighted by Crippen LogP contribution is -1.81. The van der Waals surface area contributed by atoms with Crippen molar-refractivity contribution < 1.29 is 4.79 Å². The van der Waals surface area contributed by atoms with E-state index in [1.54, 1.807) is 17.4 Å². The maximum atomic E-state index is 10.8. The molecule has 0 amide bonds. The SMILES string of the molecule is O=Cc1cc(Cl)cc2scc(I)c12. The minimum absolute atomic E-state index is 0.618. The molecule has 1 nitrogen and oxygen atoms in total. The van der Waals surface area contributed by atoms with E-state index in [4.69, 9.17) is 11.6 Å². The Bertz CT molecular complexity index is 478. The predicted octanol–water partition coefficient (Wildman–Crippen LogP) is 3.97. The van der Waals surface area contributed by atoms with E-state index in [0.29, 0.717) is 10.6 Å². The highest BCUT2D eigenvalue weighted by atomic mass is 127. The lowest BCUT2D eigenvalue weighted by Gasteiger charge is -1.96. The number of fused-ring (bicyclic) bond motifs is 1. The number of hydrogen-bond donors (Lipinski definition) is 0. The van der Waals surface area contributed by atoms with Gasteiger partial charge in [-0.2, -0.15) is 0 Å². The summed E-state index contributed by atoms with van der Waals surface area (Å²) in [5.74, 6) is 0. The van der Waals surface area contributed by atoms with Gasteiger partial charge >= 0.3 is 0 Å². The highest BCUT2D eigenvalue weighted by Gasteiger charge is 2.07. The van der Waals surface area contributed by atoms with Crippen molar-refractivity contribution in [2.75, 3.05) is 0 Å². The summed E-state index contributed by atoms with van der Waals surface area (Å²) in [6.45, 7) is 0. The van der Waals surface area contributed by atoms with E-state index in [2.05, 4.69) is 22.6 Å². The smallest absolute Gasteiger partial charge is 0.150 e. The number of rotatable bonds is 1. The Morgan fingerprint density at radius 2 is 2.23 bits per heavy atom. The molecule has 0 aliphatic carbocycles. The molecule has 13 heavy (non-hydrogen) atoms. The molecule has 0 aliphatic rings. The Kier molecular flexibility index (Phi) is 2.58. The van der Waals surface area contributed by atoms with Crippen LogP contribution < -0.4 is 0 Å². The van der Waals surface area contributed by atoms with Gasteiger partial charge in [-0.1, -0.05) is 11.6 Å². The monoisotopic (exact) mass is 322 g/mol. The summed E-state index contributed by atoms with van der Waals surface area (Å²) in [6.07, 6.45) is 0.850. The Morgan fingerprint density at radius 3 is 2.92 bits per heavy atom. The van der Waals surface area contributed by atoms with Crippen LogP contribution >= 0.6 is 45.5 Å². The molecule has 0 spiro atoms. The van der Waals surface area contributed by atoms with E-state index in [0.717, 1.165) is 19.9 Å². The zero-order chi connectivity index (χ0) is 9.42. The van der Waals surface area contributed by atoms with E-state index in [9.17, 15) is 4.79 Å². The molecule has 0 N–H and O–H groups in total. The van der Waals surface area contributed by atoms with Gasteiger partial charge in [0, 0.05) is 29.6 Å². The van der Waals surface area contributed by atoms with Gasteiger partial charge in [0.25, 0.3) is 0 Å². The average molecular weight is 323 g/mol. The fourth-order valence-electron chi connectivity index (χ4n) is 1.22. The molecular formula is C9H4ClIOS. The molecule has 66 valence electrons. The molecule has 0 atom stereocenters. The topological polar surface area (TPSA) is 17.1 Å². The molecule has 0 radical (unpaired) electrons. The van der Waals surface area contributed by atoms with Crippen molar-refractivity contribution in [1.82, 2.24) is 0 Å². The van der Waals surface area contributed by atoms with E-state index in [1.165, 1.54) is 0 Å². The lowest BCUT2D eigenvalue weighted by atomic mass is 10.1. The van der Waals surface area contributed by atoms with Crippen LogP contribution in [0.5, 0.6) is 0 Å². The molecule has 2 rings (SSSR count). The number of carbonyl (C=O) groups excluding carboxylic acids is 1. The molecular weight excluding hydrogens is 319 g/mol. The van der Waals surface area contributed by atoms with Gasteiger partial charge in [-0.25, -0.2) is 0 Å². The van der Waals surface area contributed by atoms with Crippen molar-refractivity contribution in [3.8, 4) is 0 Å². The van der Waals surface area contributed by atoms with E-state index in [1.807, 2.05) is 11.4 Å². The molecule has 0 fully saturated rings. The molecule has 0 unspecified atom stereocenters. The van der Waals surface area contributed by atoms with Gasteiger partial charge < -0.3 is 0 Å². The van der Waals surface area contributed by atoms with Crippen molar-refractivity contribution in [3.63, 3.8) is 0 Å². The second kappa shape index (κ2) is 3.55. The summed E-state index contributed by atoms with van der Waals surface area (Å²) >= 11 is 9.69. The lowest BCUT2D eigenvalue weighted by molar-refractivity contribution is 0.112. The Labute approximate surface area is 97.8 Å². The average Bonchev–Trinajstić information content (AvgIpc) is 2.46. The normalized spacial score (nSPS) is 10.6. The first-order valence-electron chi connectivity index (χ1n) is 3.54. The van der Waals surface area contributed by atoms with Crippen LogP contribution in [0.1, 0.15) is 10.4 Å². The quantitative estimate of drug-likeness (QED) is 0.573. The molecule has 0 saturated heterocycles. The summed E-state index contributed by atoms with van der Waals surface area (Å²) in [5, 5.41) is 3.66. The van der Waals surface area contributed by atoms with E-state index in [-0.39, 0.29) is 0 Å². The Balaban J connectivity index is 2.92. The Morgan fingerprint density at radius 1 is 1.46 bits per heavy atom. The van der Waals surface area contributed by atoms with Crippen LogP contribution in [0.15, 0.2) is 17.5 Å². The third-order valence-corrected chi connectivity index (χ3v) is 4.17. The zero-order valence-electron chi connectivity index (χ0n) is 6.38. The van der Waals surface area contributed by atoms with Gasteiger partial charge in [0.05, 0.1) is 0 Å². The third kappa shape index (κ3) is 1.60. The van der Waals surface area contributed by atoms with Crippen molar-refractivity contribution in [1.29, 1.82) is 0 Å². The first kappa shape index (κ1) is 9.43. The van der Waals surface area contributed by atoms with Crippen LogP contribution in [0, 0.1) is 3.57 Å². The van der Waals surface area contributed by atoms with Gasteiger partial charge in [0.1, 0.15) is 0 Å². The number of halogens is 2. The van der Waals surface area contributed by atoms with Crippen molar-refractivity contribution in [2.24, 2.45) is 0 Å². The number of hydrogen-bond acceptors (Lipinski definition) is 2. The standard InChI is InChI=1S/C9H4ClIOS/c10-6-1-5(3-12)9-7(11)4-13-8(9)2-6/h1-4H. The molecule has 4 heteroatoms. The molecule has 0 saturated carbocycles. The summed E-state index contributed by atoms with van der Waals surface area (Å²) < 4.78 is 2.18. The predicted molar refractivity (Wildman–Crippen MR) is 64.9 cm³/mol. The fourth-order valence-corrected chi connectivity index (χ4v) is 3.56. The maximum Gasteiger partial charge on any atom is 0.150 e. The van der Waals surface area contributed by atoms with Crippen LogP contribution in [0.3, 0.4) is 0 Å². The summed E-state index contributed by atoms with van der Waals surface area (Å²) in [4.78, 5) is 10.8. The van der Waals surface area contributed by atoms with Crippen LogP contribution in [-0.2, 0) is 0 Å². The van der Waals surface area contributed by atoms with Gasteiger partial charge in [-0.3, -0.25) is 4.79 Å². The maximum absolute atomic E-state index is 10.8. The summed E-state index contributed by atoms with van der Waals surface area (Å²) in [7, 11) is 0. The van der Waals surface area contributed by atoms with Gasteiger partial charge in [-0.05, 0) is 34.7 Å². The van der Waals surface area contributed by atoms with Gasteiger partial charge in [-0.15, -0.1) is 11.3 Å². The van der Waals surface area contributed by atoms with Crippen LogP contribution in [0.4, 0.5) is 0 Å². The van der Waals surface area contributed by atoms with E-state index >= 15 is 0 Å². The van der Waals surface area contributed by atoms with Crippen LogP contribution in [-0.4, -0.2) is 6.29 Å². The van der Waals surface area contributed by atoms with Gasteiger partial charge in [0.15, 0.2) is 6.29 Å². The summed E-state index contributed by atoms with van der Waals surface area (Å²) in [6, 6.07) is 3.59. The largest absolute Gasteiger partial charge is 0.298 e. The number of aldehydes is 1. The summed E-state index contributed by atoms with van der Waals surface area (Å²) in [5.41, 5.74) is 0.674. The number of benzene rings is 1. The molecule has 1 heterocycles.